The Morgan fingerprint density at radius 1 is 0.477 bits per heavy atom. The van der Waals surface area contributed by atoms with E-state index in [1.165, 1.54) is 0 Å². The lowest BCUT2D eigenvalue weighted by molar-refractivity contribution is -0.141. The summed E-state index contributed by atoms with van der Waals surface area (Å²) in [6.07, 6.45) is 12.5. The third kappa shape index (κ3) is 17.9. The van der Waals surface area contributed by atoms with E-state index in [0.717, 1.165) is 99.3 Å². The molecule has 8 atom stereocenters. The van der Waals surface area contributed by atoms with Crippen LogP contribution in [0, 0.1) is 23.7 Å². The third-order valence-corrected chi connectivity index (χ3v) is 19.3. The molecule has 88 heavy (non-hydrogen) atoms. The van der Waals surface area contributed by atoms with Crippen LogP contribution < -0.4 is 31.9 Å². The van der Waals surface area contributed by atoms with Gasteiger partial charge in [-0.15, -0.1) is 0 Å². The number of rotatable bonds is 27. The second-order valence-corrected chi connectivity index (χ2v) is 25.2. The topological polar surface area (TPSA) is 222 Å². The molecule has 18 nitrogen and oxygen atoms in total. The average molecular weight is 1210 g/mol. The van der Waals surface area contributed by atoms with Gasteiger partial charge in [-0.05, 0) is 150 Å². The van der Waals surface area contributed by atoms with E-state index >= 15 is 0 Å². The maximum absolute atomic E-state index is 14.7. The van der Waals surface area contributed by atoms with E-state index in [1.807, 2.05) is 94.7 Å². The first kappa shape index (κ1) is 66.5. The molecule has 2 saturated carbocycles. The molecule has 4 aromatic rings. The summed E-state index contributed by atoms with van der Waals surface area (Å²) in [5.41, 5.74) is 4.46. The molecule has 2 aliphatic heterocycles. The highest BCUT2D eigenvalue weighted by atomic mass is 16.2. The molecule has 0 aromatic heterocycles. The number of carbonyl (C=O) groups is 8. The van der Waals surface area contributed by atoms with Gasteiger partial charge in [0.05, 0.1) is 37.3 Å². The van der Waals surface area contributed by atoms with E-state index in [-0.39, 0.29) is 84.3 Å². The molecule has 2 saturated heterocycles. The molecule has 8 amide bonds. The van der Waals surface area contributed by atoms with Gasteiger partial charge in [0.15, 0.2) is 0 Å². The monoisotopic (exact) mass is 1200 g/mol. The molecule has 474 valence electrons. The van der Waals surface area contributed by atoms with Gasteiger partial charge in [-0.2, -0.15) is 0 Å². The van der Waals surface area contributed by atoms with Crippen molar-refractivity contribution in [2.75, 3.05) is 66.5 Å². The minimum atomic E-state index is -0.647. The van der Waals surface area contributed by atoms with Gasteiger partial charge in [-0.1, -0.05) is 137 Å². The van der Waals surface area contributed by atoms with Crippen LogP contribution >= 0.6 is 0 Å². The summed E-state index contributed by atoms with van der Waals surface area (Å²) in [7, 11) is 3.46. The van der Waals surface area contributed by atoms with E-state index < -0.39 is 36.0 Å². The summed E-state index contributed by atoms with van der Waals surface area (Å²) in [6, 6.07) is 31.1. The molecule has 0 radical (unpaired) electrons. The van der Waals surface area contributed by atoms with Crippen LogP contribution in [0.3, 0.4) is 0 Å². The summed E-state index contributed by atoms with van der Waals surface area (Å²) in [4.78, 5) is 119. The molecular weight excluding hydrogens is 1110 g/mol. The van der Waals surface area contributed by atoms with E-state index in [0.29, 0.717) is 63.2 Å². The Kier molecular flexibility index (Phi) is 24.7. The number of hydrogen-bond acceptors (Lipinski definition) is 10. The molecule has 0 spiro atoms. The summed E-state index contributed by atoms with van der Waals surface area (Å²) < 4.78 is 0. The highest BCUT2D eigenvalue weighted by Gasteiger charge is 2.44. The molecule has 6 N–H and O–H groups in total. The summed E-state index contributed by atoms with van der Waals surface area (Å²) in [6.45, 7) is 9.73. The van der Waals surface area contributed by atoms with Gasteiger partial charge in [0.25, 0.3) is 11.8 Å². The lowest BCUT2D eigenvalue weighted by atomic mass is 9.83. The van der Waals surface area contributed by atoms with Crippen molar-refractivity contribution in [3.63, 3.8) is 0 Å². The molecule has 2 heterocycles. The minimum absolute atomic E-state index is 0.0390. The first-order valence-electron chi connectivity index (χ1n) is 32.5. The standard InChI is InChI=1S/C70H96N10O8/c1-47-35-41-79(69(87)63(55-23-15-9-16-24-55)75-65(83)49(3)71-5)59(47)45-77(39-37-51-19-11-7-12-20-51)61(81)43-73-67(85)57-31-27-53(28-32-57)54-29-33-58(34-30-54)68(86)74-44-62(82)78(40-38-52-21-13-8-14-22-52)46-60-48(2)36-42-80(60)70(88)64(56-25-17-10-18-26-56)76-66(84)50(4)72-6/h7-8,11-14,19-22,27-34,47-50,55-56,59-60,63-64,71-72H,9-10,15-18,23-26,35-46H2,1-6H3,(H,73,85)(H,74,86)(H,75,83)(H,76,84)/t47-,48-,49-,50-,59+,60+,63-,64-/m0/s1. The first-order valence-corrected chi connectivity index (χ1v) is 32.5. The van der Waals surface area contributed by atoms with Crippen LogP contribution in [-0.4, -0.2) is 170 Å². The molecule has 4 fully saturated rings. The van der Waals surface area contributed by atoms with Crippen molar-refractivity contribution in [1.29, 1.82) is 0 Å². The van der Waals surface area contributed by atoms with Crippen LogP contribution in [-0.2, 0) is 41.6 Å². The van der Waals surface area contributed by atoms with E-state index in [1.54, 1.807) is 62.0 Å². The number of carbonyl (C=O) groups excluding carboxylic acids is 8. The average Bonchev–Trinajstić information content (AvgIpc) is 3.28. The number of likely N-dealkylation sites (N-methyl/N-ethyl adjacent to an activating group) is 2. The predicted molar refractivity (Wildman–Crippen MR) is 343 cm³/mol. The lowest BCUT2D eigenvalue weighted by Crippen LogP contribution is -2.58. The summed E-state index contributed by atoms with van der Waals surface area (Å²) in [5, 5.41) is 17.9. The predicted octanol–water partition coefficient (Wildman–Crippen LogP) is 6.78. The zero-order chi connectivity index (χ0) is 62.7. The Morgan fingerprint density at radius 2 is 0.830 bits per heavy atom. The fraction of sp³-hybridized carbons (Fsp3) is 0.543. The van der Waals surface area contributed by atoms with Crippen LogP contribution in [0.15, 0.2) is 109 Å². The summed E-state index contributed by atoms with van der Waals surface area (Å²) in [5.74, 6) is -1.67. The molecule has 8 rings (SSSR count). The molecule has 0 unspecified atom stereocenters. The van der Waals surface area contributed by atoms with Crippen LogP contribution in [0.1, 0.15) is 137 Å². The fourth-order valence-electron chi connectivity index (χ4n) is 13.3. The first-order chi connectivity index (χ1) is 42.5. The molecule has 18 heteroatoms. The number of amides is 8. The molecule has 4 aromatic carbocycles. The minimum Gasteiger partial charge on any atom is -0.343 e. The Bertz CT molecular complexity index is 2750. The van der Waals surface area contributed by atoms with Crippen molar-refractivity contribution in [3.05, 3.63) is 131 Å². The molecule has 4 aliphatic rings. The van der Waals surface area contributed by atoms with Gasteiger partial charge in [-0.3, -0.25) is 38.4 Å². The van der Waals surface area contributed by atoms with Crippen LogP contribution in [0.4, 0.5) is 0 Å². The van der Waals surface area contributed by atoms with Crippen molar-refractivity contribution in [3.8, 4) is 11.1 Å². The van der Waals surface area contributed by atoms with Crippen molar-refractivity contribution >= 4 is 47.3 Å². The molecular formula is C70H96N10O8. The number of likely N-dealkylation sites (tertiary alicyclic amines) is 2. The number of nitrogens with zero attached hydrogens (tertiary/aromatic N) is 4. The largest absolute Gasteiger partial charge is 0.343 e. The smallest absolute Gasteiger partial charge is 0.251 e. The van der Waals surface area contributed by atoms with Crippen molar-refractivity contribution < 1.29 is 38.4 Å². The Labute approximate surface area is 521 Å². The second-order valence-electron chi connectivity index (χ2n) is 25.2. The second kappa shape index (κ2) is 32.7. The number of nitrogens with one attached hydrogen (secondary N) is 6. The van der Waals surface area contributed by atoms with E-state index in [4.69, 9.17) is 0 Å². The van der Waals surface area contributed by atoms with Crippen LogP contribution in [0.2, 0.25) is 0 Å². The zero-order valence-electron chi connectivity index (χ0n) is 52.8. The van der Waals surface area contributed by atoms with Crippen LogP contribution in [0.5, 0.6) is 0 Å². The maximum atomic E-state index is 14.7. The normalized spacial score (nSPS) is 20.2. The van der Waals surface area contributed by atoms with Crippen molar-refractivity contribution in [2.45, 2.75) is 154 Å². The fourth-order valence-corrected chi connectivity index (χ4v) is 13.3. The van der Waals surface area contributed by atoms with E-state index in [2.05, 4.69) is 45.7 Å². The number of hydrogen-bond donors (Lipinski definition) is 6. The van der Waals surface area contributed by atoms with E-state index in [9.17, 15) is 38.4 Å². The van der Waals surface area contributed by atoms with Gasteiger partial charge in [0.2, 0.25) is 35.4 Å². The van der Waals surface area contributed by atoms with Gasteiger partial charge >= 0.3 is 0 Å². The summed E-state index contributed by atoms with van der Waals surface area (Å²) >= 11 is 0. The molecule has 0 bridgehead atoms. The Hall–Kier alpha value is -7.44. The maximum Gasteiger partial charge on any atom is 0.251 e. The number of benzene rings is 4. The van der Waals surface area contributed by atoms with Crippen molar-refractivity contribution in [1.82, 2.24) is 51.5 Å². The third-order valence-electron chi connectivity index (χ3n) is 19.3. The zero-order valence-corrected chi connectivity index (χ0v) is 52.8. The van der Waals surface area contributed by atoms with Crippen LogP contribution in [0.25, 0.3) is 11.1 Å². The molecule has 2 aliphatic carbocycles. The van der Waals surface area contributed by atoms with Gasteiger partial charge in [0, 0.05) is 50.4 Å². The highest BCUT2D eigenvalue weighted by Crippen LogP contribution is 2.34. The SMILES string of the molecule is CN[C@@H](C)C(=O)N[C@H](C(=O)N1CC[C@H](C)[C@H]1CN(CCc1ccccc1)C(=O)CNC(=O)c1ccc(-c2ccc(C(=O)NCC(=O)N(CCc3ccccc3)C[C@@H]3[C@@H](C)CCN3C(=O)[C@@H](NC(=O)[C@H](C)NC)C3CCCCC3)cc2)cc1)C1CCCCC1. The van der Waals surface area contributed by atoms with Gasteiger partial charge in [-0.25, -0.2) is 0 Å². The quantitative estimate of drug-likeness (QED) is 0.0368. The van der Waals surface area contributed by atoms with Gasteiger partial charge < -0.3 is 51.5 Å². The lowest BCUT2D eigenvalue weighted by Gasteiger charge is -2.38. The van der Waals surface area contributed by atoms with Gasteiger partial charge in [0.1, 0.15) is 12.1 Å². The highest BCUT2D eigenvalue weighted by molar-refractivity contribution is 5.98. The Morgan fingerprint density at radius 3 is 1.17 bits per heavy atom. The Balaban J connectivity index is 0.878. The van der Waals surface area contributed by atoms with Crippen molar-refractivity contribution in [2.24, 2.45) is 23.7 Å².